The third-order valence-corrected chi connectivity index (χ3v) is 6.12. The highest BCUT2D eigenvalue weighted by Gasteiger charge is 2.56. The van der Waals surface area contributed by atoms with Crippen LogP contribution >= 0.6 is 11.3 Å². The van der Waals surface area contributed by atoms with Gasteiger partial charge >= 0.3 is 0 Å². The summed E-state index contributed by atoms with van der Waals surface area (Å²) in [6, 6.07) is 0. The van der Waals surface area contributed by atoms with Gasteiger partial charge in [-0.1, -0.05) is 6.92 Å². The fourth-order valence-corrected chi connectivity index (χ4v) is 4.63. The second kappa shape index (κ2) is 6.26. The van der Waals surface area contributed by atoms with Gasteiger partial charge in [-0.05, 0) is 26.2 Å². The van der Waals surface area contributed by atoms with Crippen LogP contribution in [0, 0.1) is 5.41 Å². The van der Waals surface area contributed by atoms with Crippen molar-refractivity contribution in [1.82, 2.24) is 9.88 Å². The molecule has 0 radical (unpaired) electrons. The second-order valence-corrected chi connectivity index (χ2v) is 7.06. The van der Waals surface area contributed by atoms with Gasteiger partial charge in [-0.2, -0.15) is 0 Å². The number of amides is 1. The molecule has 1 saturated carbocycles. The summed E-state index contributed by atoms with van der Waals surface area (Å²) in [6.07, 6.45) is 3.04. The van der Waals surface area contributed by atoms with Crippen molar-refractivity contribution >= 4 is 17.2 Å². The maximum Gasteiger partial charge on any atom is 0.265 e. The molecule has 22 heavy (non-hydrogen) atoms. The highest BCUT2D eigenvalue weighted by Crippen LogP contribution is 2.51. The van der Waals surface area contributed by atoms with Gasteiger partial charge in [0.25, 0.3) is 5.91 Å². The zero-order valence-corrected chi connectivity index (χ0v) is 14.1. The van der Waals surface area contributed by atoms with Crippen LogP contribution in [0.4, 0.5) is 0 Å². The van der Waals surface area contributed by atoms with Crippen molar-refractivity contribution in [3.8, 4) is 0 Å². The molecular formula is C16H24N2O3S. The van der Waals surface area contributed by atoms with Crippen molar-refractivity contribution in [2.45, 2.75) is 51.7 Å². The lowest BCUT2D eigenvalue weighted by molar-refractivity contribution is -0.207. The first-order chi connectivity index (χ1) is 10.6. The smallest absolute Gasteiger partial charge is 0.265 e. The molecule has 1 N–H and O–H groups in total. The minimum atomic E-state index is -0.282. The first-order valence-electron chi connectivity index (χ1n) is 8.13. The number of nitrogens with zero attached hydrogens (tertiary/aromatic N) is 2. The van der Waals surface area contributed by atoms with E-state index in [1.807, 2.05) is 18.7 Å². The molecule has 1 aliphatic carbocycles. The predicted molar refractivity (Wildman–Crippen MR) is 85.1 cm³/mol. The second-order valence-electron chi connectivity index (χ2n) is 6.20. The van der Waals surface area contributed by atoms with Crippen molar-refractivity contribution in [2.24, 2.45) is 5.41 Å². The van der Waals surface area contributed by atoms with Gasteiger partial charge in [-0.15, -0.1) is 11.3 Å². The summed E-state index contributed by atoms with van der Waals surface area (Å²) in [5.74, 6) is 0.0935. The third kappa shape index (κ3) is 2.47. The van der Waals surface area contributed by atoms with Crippen molar-refractivity contribution in [3.05, 3.63) is 16.1 Å². The number of aryl methyl sites for hydroxylation is 1. The fraction of sp³-hybridized carbons (Fsp3) is 0.750. The molecule has 2 atom stereocenters. The molecular weight excluding hydrogens is 300 g/mol. The first-order valence-corrected chi connectivity index (χ1v) is 9.01. The fourth-order valence-electron chi connectivity index (χ4n) is 3.78. The number of carbonyl (C=O) groups is 1. The van der Waals surface area contributed by atoms with Gasteiger partial charge in [0.2, 0.25) is 0 Å². The lowest BCUT2D eigenvalue weighted by atomic mass is 9.58. The molecule has 2 unspecified atom stereocenters. The van der Waals surface area contributed by atoms with Crippen molar-refractivity contribution in [1.29, 1.82) is 0 Å². The van der Waals surface area contributed by atoms with E-state index in [9.17, 15) is 9.90 Å². The standard InChI is InChI=1S/C16H24N2O3S/c1-3-11-14(22-10-17-11)15(20)18-7-5-16(6-8-18)12(19)9-13(16)21-4-2/h10,12-13,19H,3-9H2,1-2H3. The summed E-state index contributed by atoms with van der Waals surface area (Å²) in [5.41, 5.74) is 2.51. The molecule has 0 bridgehead atoms. The number of ether oxygens (including phenoxy) is 1. The number of aliphatic hydroxyl groups excluding tert-OH is 1. The Balaban J connectivity index is 1.65. The Kier molecular flexibility index (Phi) is 4.52. The highest BCUT2D eigenvalue weighted by molar-refractivity contribution is 7.11. The van der Waals surface area contributed by atoms with Gasteiger partial charge in [0.15, 0.2) is 0 Å². The van der Waals surface area contributed by atoms with Crippen LogP contribution in [0.2, 0.25) is 0 Å². The van der Waals surface area contributed by atoms with E-state index < -0.39 is 0 Å². The predicted octanol–water partition coefficient (Wildman–Crippen LogP) is 2.10. The molecule has 1 aliphatic heterocycles. The normalized spacial score (nSPS) is 27.0. The highest BCUT2D eigenvalue weighted by atomic mass is 32.1. The van der Waals surface area contributed by atoms with E-state index in [0.29, 0.717) is 19.7 Å². The van der Waals surface area contributed by atoms with E-state index >= 15 is 0 Å². The number of hydrogen-bond donors (Lipinski definition) is 1. The Morgan fingerprint density at radius 2 is 2.23 bits per heavy atom. The zero-order valence-electron chi connectivity index (χ0n) is 13.2. The number of rotatable bonds is 4. The Morgan fingerprint density at radius 3 is 2.82 bits per heavy atom. The number of hydrogen-bond acceptors (Lipinski definition) is 5. The Labute approximate surface area is 135 Å². The summed E-state index contributed by atoms with van der Waals surface area (Å²) < 4.78 is 5.77. The van der Waals surface area contributed by atoms with Gasteiger partial charge in [0.1, 0.15) is 4.88 Å². The molecule has 2 fully saturated rings. The van der Waals surface area contributed by atoms with E-state index in [1.165, 1.54) is 11.3 Å². The molecule has 1 aromatic rings. The van der Waals surface area contributed by atoms with E-state index in [4.69, 9.17) is 4.74 Å². The monoisotopic (exact) mass is 324 g/mol. The molecule has 0 aromatic carbocycles. The van der Waals surface area contributed by atoms with Crippen molar-refractivity contribution in [2.75, 3.05) is 19.7 Å². The maximum absolute atomic E-state index is 12.6. The summed E-state index contributed by atoms with van der Waals surface area (Å²) in [4.78, 5) is 19.6. The number of aromatic nitrogens is 1. The van der Waals surface area contributed by atoms with Crippen LogP contribution in [-0.4, -0.2) is 52.8 Å². The summed E-state index contributed by atoms with van der Waals surface area (Å²) in [5, 5.41) is 10.2. The number of thiazole rings is 1. The molecule has 2 aliphatic rings. The molecule has 122 valence electrons. The summed E-state index contributed by atoms with van der Waals surface area (Å²) in [6.45, 7) is 6.09. The van der Waals surface area contributed by atoms with Crippen molar-refractivity contribution < 1.29 is 14.6 Å². The average Bonchev–Trinajstić information content (AvgIpc) is 3.03. The van der Waals surface area contributed by atoms with Gasteiger partial charge < -0.3 is 14.7 Å². The number of carbonyl (C=O) groups excluding carboxylic acids is 1. The summed E-state index contributed by atoms with van der Waals surface area (Å²) >= 11 is 1.43. The minimum Gasteiger partial charge on any atom is -0.392 e. The topological polar surface area (TPSA) is 62.7 Å². The number of likely N-dealkylation sites (tertiary alicyclic amines) is 1. The van der Waals surface area contributed by atoms with Gasteiger partial charge in [-0.25, -0.2) is 4.98 Å². The van der Waals surface area contributed by atoms with Crippen LogP contribution in [0.25, 0.3) is 0 Å². The number of piperidine rings is 1. The van der Waals surface area contributed by atoms with Gasteiger partial charge in [0, 0.05) is 31.5 Å². The van der Waals surface area contributed by atoms with E-state index in [2.05, 4.69) is 4.98 Å². The Bertz CT molecular complexity index is 535. The van der Waals surface area contributed by atoms with Crippen LogP contribution in [0.1, 0.15) is 48.5 Å². The largest absolute Gasteiger partial charge is 0.392 e. The van der Waals surface area contributed by atoms with Crippen LogP contribution in [0.15, 0.2) is 5.51 Å². The van der Waals surface area contributed by atoms with Crippen LogP contribution in [0.3, 0.4) is 0 Å². The van der Waals surface area contributed by atoms with Gasteiger partial charge in [0.05, 0.1) is 23.4 Å². The summed E-state index contributed by atoms with van der Waals surface area (Å²) in [7, 11) is 0. The maximum atomic E-state index is 12.6. The van der Waals surface area contributed by atoms with Gasteiger partial charge in [-0.3, -0.25) is 4.79 Å². The zero-order chi connectivity index (χ0) is 15.7. The molecule has 5 nitrogen and oxygen atoms in total. The van der Waals surface area contributed by atoms with Crippen LogP contribution < -0.4 is 0 Å². The molecule has 6 heteroatoms. The molecule has 1 amide bonds. The molecule has 3 rings (SSSR count). The Morgan fingerprint density at radius 1 is 1.50 bits per heavy atom. The third-order valence-electron chi connectivity index (χ3n) is 5.26. The van der Waals surface area contributed by atoms with E-state index in [-0.39, 0.29) is 23.5 Å². The lowest BCUT2D eigenvalue weighted by Gasteiger charge is -2.56. The minimum absolute atomic E-state index is 0.0935. The number of aliphatic hydroxyl groups is 1. The molecule has 1 spiro atoms. The SMILES string of the molecule is CCOC1CC(O)C12CCN(C(=O)c1scnc1CC)CC2. The van der Waals surface area contributed by atoms with Crippen molar-refractivity contribution in [3.63, 3.8) is 0 Å². The molecule has 2 heterocycles. The Hall–Kier alpha value is -0.980. The van der Waals surface area contributed by atoms with E-state index in [1.54, 1.807) is 5.51 Å². The molecule has 1 aromatic heterocycles. The average molecular weight is 324 g/mol. The molecule has 1 saturated heterocycles. The van der Waals surface area contributed by atoms with Crippen LogP contribution in [0.5, 0.6) is 0 Å². The van der Waals surface area contributed by atoms with E-state index in [0.717, 1.165) is 36.3 Å². The quantitative estimate of drug-likeness (QED) is 0.921. The first kappa shape index (κ1) is 15.9. The lowest BCUT2D eigenvalue weighted by Crippen LogP contribution is -2.62. The van der Waals surface area contributed by atoms with Crippen LogP contribution in [-0.2, 0) is 11.2 Å².